The molecule has 0 fully saturated rings. The van der Waals surface area contributed by atoms with Gasteiger partial charge in [0.25, 0.3) is 0 Å². The van der Waals surface area contributed by atoms with E-state index in [0.717, 1.165) is 5.41 Å². The molecule has 0 N–H and O–H groups in total. The van der Waals surface area contributed by atoms with Crippen LogP contribution in [0.25, 0.3) is 0 Å². The molecule has 0 radical (unpaired) electrons. The van der Waals surface area contributed by atoms with Gasteiger partial charge in [-0.1, -0.05) is 6.58 Å². The highest BCUT2D eigenvalue weighted by Gasteiger charge is 2.09. The van der Waals surface area contributed by atoms with E-state index >= 15 is 0 Å². The van der Waals surface area contributed by atoms with E-state index in [-0.39, 0.29) is 18.2 Å². The van der Waals surface area contributed by atoms with Crippen molar-refractivity contribution in [1.82, 2.24) is 4.90 Å². The molecule has 0 bridgehead atoms. The Balaban J connectivity index is 0. The molecule has 0 aliphatic rings. The van der Waals surface area contributed by atoms with Gasteiger partial charge in [0, 0.05) is 36.8 Å². The van der Waals surface area contributed by atoms with E-state index in [1.54, 1.807) is 0 Å². The van der Waals surface area contributed by atoms with Crippen molar-refractivity contribution < 1.29 is 8.42 Å². The lowest BCUT2D eigenvalue weighted by atomic mass is 10.5. The summed E-state index contributed by atoms with van der Waals surface area (Å²) >= 11 is 11.1. The first kappa shape index (κ1) is 17.9. The Morgan fingerprint density at radius 1 is 1.13 bits per heavy atom. The van der Waals surface area contributed by atoms with Crippen LogP contribution in [0, 0.1) is 0 Å². The van der Waals surface area contributed by atoms with E-state index in [0.29, 0.717) is 31.4 Å². The fourth-order valence-corrected chi connectivity index (χ4v) is 2.07. The first-order chi connectivity index (χ1) is 6.55. The molecule has 0 aromatic rings. The van der Waals surface area contributed by atoms with Crippen LogP contribution in [0.5, 0.6) is 0 Å². The Morgan fingerprint density at radius 2 is 1.60 bits per heavy atom. The Labute approximate surface area is 108 Å². The van der Waals surface area contributed by atoms with Crippen molar-refractivity contribution in [3.63, 3.8) is 0 Å². The van der Waals surface area contributed by atoms with Crippen molar-refractivity contribution in [2.24, 2.45) is 0 Å². The number of hydrogen-bond acceptors (Lipinski definition) is 3. The van der Waals surface area contributed by atoms with E-state index < -0.39 is 9.84 Å². The van der Waals surface area contributed by atoms with Crippen molar-refractivity contribution in [1.29, 1.82) is 0 Å². The van der Waals surface area contributed by atoms with Gasteiger partial charge in [-0.3, -0.25) is 4.90 Å². The number of rotatable bonds is 8. The first-order valence-electron chi connectivity index (χ1n) is 4.25. The van der Waals surface area contributed by atoms with Gasteiger partial charge in [-0.25, -0.2) is 8.42 Å². The lowest BCUT2D eigenvalue weighted by Crippen LogP contribution is -2.32. The molecule has 0 aliphatic carbocycles. The molecule has 3 nitrogen and oxygen atoms in total. The van der Waals surface area contributed by atoms with Crippen LogP contribution in [0.1, 0.15) is 0 Å². The minimum atomic E-state index is -3.12. The molecular weight excluding hydrogens is 281 g/mol. The molecule has 92 valence electrons. The summed E-state index contributed by atoms with van der Waals surface area (Å²) in [5, 5.41) is 0.979. The predicted molar refractivity (Wildman–Crippen MR) is 69.1 cm³/mol. The smallest absolute Gasteiger partial charge is 0.172 e. The second-order valence-corrected chi connectivity index (χ2v) is 5.58. The van der Waals surface area contributed by atoms with Crippen molar-refractivity contribution >= 4 is 45.4 Å². The number of nitrogens with zero attached hydrogens (tertiary/aromatic N) is 1. The maximum atomic E-state index is 11.1. The van der Waals surface area contributed by atoms with Crippen molar-refractivity contribution in [3.8, 4) is 0 Å². The normalized spacial score (nSPS) is 11.1. The Morgan fingerprint density at radius 3 is 1.93 bits per heavy atom. The van der Waals surface area contributed by atoms with E-state index in [2.05, 4.69) is 6.58 Å². The molecule has 0 aromatic carbocycles. The molecule has 0 saturated heterocycles. The molecule has 0 spiro atoms. The standard InChI is InChI=1S/C8H15Cl2NO2S.ClH/c1-2-14(12,13)8-7-11(5-3-9)6-4-10;/h2H,1,3-8H2;1H. The molecule has 7 heteroatoms. The minimum Gasteiger partial charge on any atom is -0.300 e. The van der Waals surface area contributed by atoms with Crippen LogP contribution in [-0.4, -0.2) is 50.5 Å². The molecule has 0 aromatic heterocycles. The summed E-state index contributed by atoms with van der Waals surface area (Å²) in [4.78, 5) is 1.92. The SMILES string of the molecule is C=CS(=O)(=O)CCN(CCCl)CCCl.Cl. The number of sulfone groups is 1. The molecule has 0 atom stereocenters. The lowest BCUT2D eigenvalue weighted by Gasteiger charge is -2.18. The average molecular weight is 297 g/mol. The van der Waals surface area contributed by atoms with Gasteiger partial charge in [0.1, 0.15) is 0 Å². The highest BCUT2D eigenvalue weighted by molar-refractivity contribution is 7.94. The predicted octanol–water partition coefficient (Wildman–Crippen LogP) is 1.75. The average Bonchev–Trinajstić information content (AvgIpc) is 2.15. The van der Waals surface area contributed by atoms with Gasteiger partial charge in [0.05, 0.1) is 5.75 Å². The highest BCUT2D eigenvalue weighted by Crippen LogP contribution is 1.96. The summed E-state index contributed by atoms with van der Waals surface area (Å²) in [5.74, 6) is 1.03. The van der Waals surface area contributed by atoms with Crippen LogP contribution in [0.15, 0.2) is 12.0 Å². The van der Waals surface area contributed by atoms with Crippen LogP contribution in [-0.2, 0) is 9.84 Å². The summed E-state index contributed by atoms with van der Waals surface area (Å²) in [5.41, 5.74) is 0. The van der Waals surface area contributed by atoms with Crippen LogP contribution >= 0.6 is 35.6 Å². The van der Waals surface area contributed by atoms with Crippen LogP contribution in [0.3, 0.4) is 0 Å². The molecule has 15 heavy (non-hydrogen) atoms. The zero-order valence-corrected chi connectivity index (χ0v) is 11.5. The second kappa shape index (κ2) is 9.73. The summed E-state index contributed by atoms with van der Waals surface area (Å²) < 4.78 is 22.2. The summed E-state index contributed by atoms with van der Waals surface area (Å²) in [6.07, 6.45) is 0. The number of alkyl halides is 2. The van der Waals surface area contributed by atoms with Crippen LogP contribution in [0.4, 0.5) is 0 Å². The Hall–Kier alpha value is 0.520. The number of halogens is 3. The number of hydrogen-bond donors (Lipinski definition) is 0. The van der Waals surface area contributed by atoms with Gasteiger partial charge in [0.2, 0.25) is 0 Å². The molecule has 0 heterocycles. The van der Waals surface area contributed by atoms with Crippen LogP contribution in [0.2, 0.25) is 0 Å². The van der Waals surface area contributed by atoms with E-state index in [1.165, 1.54) is 0 Å². The lowest BCUT2D eigenvalue weighted by molar-refractivity contribution is 0.325. The van der Waals surface area contributed by atoms with Gasteiger partial charge in [-0.15, -0.1) is 35.6 Å². The fraction of sp³-hybridized carbons (Fsp3) is 0.750. The Kier molecular flexibility index (Phi) is 11.6. The quantitative estimate of drug-likeness (QED) is 0.640. The van der Waals surface area contributed by atoms with Gasteiger partial charge >= 0.3 is 0 Å². The van der Waals surface area contributed by atoms with E-state index in [4.69, 9.17) is 23.2 Å². The Bertz CT molecular complexity index is 251. The third-order valence-corrected chi connectivity index (χ3v) is 3.34. The third-order valence-electron chi connectivity index (χ3n) is 1.75. The topological polar surface area (TPSA) is 37.4 Å². The van der Waals surface area contributed by atoms with Crippen molar-refractivity contribution in [2.75, 3.05) is 37.1 Å². The van der Waals surface area contributed by atoms with Gasteiger partial charge in [-0.2, -0.15) is 0 Å². The maximum Gasteiger partial charge on any atom is 0.172 e. The molecule has 0 aliphatic heterocycles. The first-order valence-corrected chi connectivity index (χ1v) is 7.03. The van der Waals surface area contributed by atoms with E-state index in [1.807, 2.05) is 4.90 Å². The summed E-state index contributed by atoms with van der Waals surface area (Å²) in [6.45, 7) is 5.00. The molecular formula is C8H16Cl3NO2S. The second-order valence-electron chi connectivity index (χ2n) is 2.75. The zero-order chi connectivity index (χ0) is 11.0. The van der Waals surface area contributed by atoms with Crippen molar-refractivity contribution in [2.45, 2.75) is 0 Å². The largest absolute Gasteiger partial charge is 0.300 e. The van der Waals surface area contributed by atoms with Crippen molar-refractivity contribution in [3.05, 3.63) is 12.0 Å². The van der Waals surface area contributed by atoms with Gasteiger partial charge in [-0.05, 0) is 0 Å². The van der Waals surface area contributed by atoms with E-state index in [9.17, 15) is 8.42 Å². The van der Waals surface area contributed by atoms with Gasteiger partial charge in [0.15, 0.2) is 9.84 Å². The zero-order valence-electron chi connectivity index (χ0n) is 8.36. The third kappa shape index (κ3) is 9.45. The van der Waals surface area contributed by atoms with Crippen LogP contribution < -0.4 is 0 Å². The summed E-state index contributed by atoms with van der Waals surface area (Å²) in [6, 6.07) is 0. The molecule has 0 rings (SSSR count). The maximum absolute atomic E-state index is 11.1. The molecule has 0 unspecified atom stereocenters. The minimum absolute atomic E-state index is 0. The molecule has 0 saturated carbocycles. The fourth-order valence-electron chi connectivity index (χ4n) is 0.914. The summed E-state index contributed by atoms with van der Waals surface area (Å²) in [7, 11) is -3.12. The monoisotopic (exact) mass is 295 g/mol. The highest BCUT2D eigenvalue weighted by atomic mass is 35.5. The van der Waals surface area contributed by atoms with Gasteiger partial charge < -0.3 is 0 Å². The molecule has 0 amide bonds.